The molecule has 1 amide bonds. The van der Waals surface area contributed by atoms with Crippen molar-refractivity contribution in [1.82, 2.24) is 4.90 Å². The Kier molecular flexibility index (Phi) is 5.80. The standard InChI is InChI=1S/C21H24ClNO4/c1-4-23(14-15-5-10-18-19(13-15)26-12-11-25-18)20(24)21(2,3)27-17-8-6-16(22)7-9-17/h5-10,13H,4,11-12,14H2,1-3H3. The second-order valence-corrected chi connectivity index (χ2v) is 7.30. The van der Waals surface area contributed by atoms with Gasteiger partial charge in [0.05, 0.1) is 0 Å². The minimum absolute atomic E-state index is 0.0881. The van der Waals surface area contributed by atoms with Crippen LogP contribution >= 0.6 is 11.6 Å². The van der Waals surface area contributed by atoms with E-state index in [0.717, 1.165) is 17.1 Å². The van der Waals surface area contributed by atoms with Crippen molar-refractivity contribution in [2.45, 2.75) is 32.9 Å². The highest BCUT2D eigenvalue weighted by Crippen LogP contribution is 2.31. The van der Waals surface area contributed by atoms with E-state index in [0.29, 0.717) is 37.1 Å². The molecule has 1 aliphatic rings. The largest absolute Gasteiger partial charge is 0.486 e. The SMILES string of the molecule is CCN(Cc1ccc2c(c1)OCCO2)C(=O)C(C)(C)Oc1ccc(Cl)cc1. The van der Waals surface area contributed by atoms with Crippen molar-refractivity contribution in [3.63, 3.8) is 0 Å². The van der Waals surface area contributed by atoms with Crippen LogP contribution in [-0.4, -0.2) is 36.2 Å². The van der Waals surface area contributed by atoms with Crippen molar-refractivity contribution < 1.29 is 19.0 Å². The molecule has 0 radical (unpaired) electrons. The van der Waals surface area contributed by atoms with Gasteiger partial charge in [0.2, 0.25) is 0 Å². The lowest BCUT2D eigenvalue weighted by molar-refractivity contribution is -0.145. The summed E-state index contributed by atoms with van der Waals surface area (Å²) in [6, 6.07) is 12.8. The predicted molar refractivity (Wildman–Crippen MR) is 105 cm³/mol. The molecule has 0 unspecified atom stereocenters. The van der Waals surface area contributed by atoms with Crippen LogP contribution in [0.1, 0.15) is 26.3 Å². The minimum Gasteiger partial charge on any atom is -0.486 e. The number of amides is 1. The number of likely N-dealkylation sites (N-methyl/N-ethyl adjacent to an activating group) is 1. The first-order valence-electron chi connectivity index (χ1n) is 9.01. The fourth-order valence-corrected chi connectivity index (χ4v) is 3.08. The van der Waals surface area contributed by atoms with Gasteiger partial charge >= 0.3 is 0 Å². The smallest absolute Gasteiger partial charge is 0.266 e. The third-order valence-electron chi connectivity index (χ3n) is 4.35. The molecule has 1 aliphatic heterocycles. The Bertz CT molecular complexity index is 804. The normalized spacial score (nSPS) is 13.2. The van der Waals surface area contributed by atoms with Crippen molar-refractivity contribution in [3.05, 3.63) is 53.1 Å². The number of hydrogen-bond acceptors (Lipinski definition) is 4. The van der Waals surface area contributed by atoms with Crippen LogP contribution in [-0.2, 0) is 11.3 Å². The number of rotatable bonds is 6. The van der Waals surface area contributed by atoms with Crippen LogP contribution in [0.3, 0.4) is 0 Å². The Labute approximate surface area is 164 Å². The van der Waals surface area contributed by atoms with Gasteiger partial charge in [0.15, 0.2) is 17.1 Å². The summed E-state index contributed by atoms with van der Waals surface area (Å²) >= 11 is 5.91. The van der Waals surface area contributed by atoms with Crippen molar-refractivity contribution in [2.75, 3.05) is 19.8 Å². The molecular formula is C21H24ClNO4. The zero-order valence-electron chi connectivity index (χ0n) is 15.8. The van der Waals surface area contributed by atoms with Gasteiger partial charge in [-0.25, -0.2) is 0 Å². The number of carbonyl (C=O) groups is 1. The van der Waals surface area contributed by atoms with Gasteiger partial charge in [0.25, 0.3) is 5.91 Å². The summed E-state index contributed by atoms with van der Waals surface area (Å²) in [5, 5.41) is 0.625. The monoisotopic (exact) mass is 389 g/mol. The highest BCUT2D eigenvalue weighted by atomic mass is 35.5. The molecule has 0 aromatic heterocycles. The maximum atomic E-state index is 13.1. The van der Waals surface area contributed by atoms with Gasteiger partial charge in [-0.1, -0.05) is 17.7 Å². The zero-order valence-corrected chi connectivity index (χ0v) is 16.6. The summed E-state index contributed by atoms with van der Waals surface area (Å²) in [5.74, 6) is 1.98. The average molecular weight is 390 g/mol. The highest BCUT2D eigenvalue weighted by molar-refractivity contribution is 6.30. The number of ether oxygens (including phenoxy) is 3. The van der Waals surface area contributed by atoms with E-state index >= 15 is 0 Å². The van der Waals surface area contributed by atoms with Gasteiger partial charge in [0.1, 0.15) is 19.0 Å². The summed E-state index contributed by atoms with van der Waals surface area (Å²) < 4.78 is 17.1. The van der Waals surface area contributed by atoms with Crippen LogP contribution in [0, 0.1) is 0 Å². The topological polar surface area (TPSA) is 48.0 Å². The third-order valence-corrected chi connectivity index (χ3v) is 4.60. The Hall–Kier alpha value is -2.40. The van der Waals surface area contributed by atoms with E-state index in [2.05, 4.69) is 0 Å². The number of carbonyl (C=O) groups excluding carboxylic acids is 1. The molecule has 2 aromatic rings. The molecule has 3 rings (SSSR count). The van der Waals surface area contributed by atoms with Crippen LogP contribution in [0.15, 0.2) is 42.5 Å². The van der Waals surface area contributed by atoms with Gasteiger partial charge in [-0.3, -0.25) is 4.79 Å². The molecular weight excluding hydrogens is 366 g/mol. The lowest BCUT2D eigenvalue weighted by Gasteiger charge is -2.32. The van der Waals surface area contributed by atoms with Crippen molar-refractivity contribution in [2.24, 2.45) is 0 Å². The van der Waals surface area contributed by atoms with Gasteiger partial charge in [-0.05, 0) is 62.7 Å². The van der Waals surface area contributed by atoms with Gasteiger partial charge in [-0.2, -0.15) is 0 Å². The van der Waals surface area contributed by atoms with E-state index in [1.807, 2.05) is 25.1 Å². The molecule has 2 aromatic carbocycles. The molecule has 27 heavy (non-hydrogen) atoms. The molecule has 0 bridgehead atoms. The second-order valence-electron chi connectivity index (χ2n) is 6.86. The second kappa shape index (κ2) is 8.09. The minimum atomic E-state index is -1.00. The number of halogens is 1. The maximum Gasteiger partial charge on any atom is 0.266 e. The molecule has 6 heteroatoms. The molecule has 0 aliphatic carbocycles. The molecule has 0 spiro atoms. The van der Waals surface area contributed by atoms with Gasteiger partial charge in [-0.15, -0.1) is 0 Å². The van der Waals surface area contributed by atoms with Crippen molar-refractivity contribution in [3.8, 4) is 17.2 Å². The van der Waals surface area contributed by atoms with Crippen LogP contribution < -0.4 is 14.2 Å². The van der Waals surface area contributed by atoms with Gasteiger partial charge in [0, 0.05) is 18.1 Å². The van der Waals surface area contributed by atoms with Crippen LogP contribution in [0.25, 0.3) is 0 Å². The Morgan fingerprint density at radius 3 is 2.44 bits per heavy atom. The lowest BCUT2D eigenvalue weighted by Crippen LogP contribution is -2.48. The van der Waals surface area contributed by atoms with E-state index in [4.69, 9.17) is 25.8 Å². The maximum absolute atomic E-state index is 13.1. The molecule has 5 nitrogen and oxygen atoms in total. The van der Waals surface area contributed by atoms with Crippen LogP contribution in [0.4, 0.5) is 0 Å². The highest BCUT2D eigenvalue weighted by Gasteiger charge is 2.34. The van der Waals surface area contributed by atoms with E-state index in [1.165, 1.54) is 0 Å². The number of nitrogens with zero attached hydrogens (tertiary/aromatic N) is 1. The number of fused-ring (bicyclic) bond motifs is 1. The molecule has 1 heterocycles. The molecule has 0 atom stereocenters. The Morgan fingerprint density at radius 1 is 1.11 bits per heavy atom. The average Bonchev–Trinajstić information content (AvgIpc) is 2.67. The summed E-state index contributed by atoms with van der Waals surface area (Å²) in [5.41, 5.74) is -0.0192. The first-order chi connectivity index (χ1) is 12.9. The first kappa shape index (κ1) is 19.4. The Morgan fingerprint density at radius 2 is 1.78 bits per heavy atom. The molecule has 144 valence electrons. The van der Waals surface area contributed by atoms with Crippen molar-refractivity contribution in [1.29, 1.82) is 0 Å². The van der Waals surface area contributed by atoms with Crippen molar-refractivity contribution >= 4 is 17.5 Å². The predicted octanol–water partition coefficient (Wildman–Crippen LogP) is 4.32. The molecule has 0 N–H and O–H groups in total. The summed E-state index contributed by atoms with van der Waals surface area (Å²) in [6.45, 7) is 7.64. The number of hydrogen-bond donors (Lipinski definition) is 0. The van der Waals surface area contributed by atoms with Crippen LogP contribution in [0.5, 0.6) is 17.2 Å². The Balaban J connectivity index is 1.71. The quantitative estimate of drug-likeness (QED) is 0.738. The fraction of sp³-hybridized carbons (Fsp3) is 0.381. The summed E-state index contributed by atoms with van der Waals surface area (Å²) in [6.07, 6.45) is 0. The first-order valence-corrected chi connectivity index (χ1v) is 9.39. The lowest BCUT2D eigenvalue weighted by atomic mass is 10.1. The van der Waals surface area contributed by atoms with Gasteiger partial charge < -0.3 is 19.1 Å². The van der Waals surface area contributed by atoms with E-state index in [-0.39, 0.29) is 5.91 Å². The van der Waals surface area contributed by atoms with E-state index < -0.39 is 5.60 Å². The molecule has 0 saturated heterocycles. The third kappa shape index (κ3) is 4.66. The zero-order chi connectivity index (χ0) is 19.4. The number of benzene rings is 2. The van der Waals surface area contributed by atoms with E-state index in [9.17, 15) is 4.79 Å². The molecule has 0 fully saturated rings. The summed E-state index contributed by atoms with van der Waals surface area (Å²) in [7, 11) is 0. The summed E-state index contributed by atoms with van der Waals surface area (Å²) in [4.78, 5) is 14.8. The fourth-order valence-electron chi connectivity index (χ4n) is 2.96. The molecule has 0 saturated carbocycles. The van der Waals surface area contributed by atoms with E-state index in [1.54, 1.807) is 43.0 Å². The van der Waals surface area contributed by atoms with Crippen LogP contribution in [0.2, 0.25) is 5.02 Å².